The average Bonchev–Trinajstić information content (AvgIpc) is 2.64. The van der Waals surface area contributed by atoms with Crippen LogP contribution in [-0.4, -0.2) is 83.6 Å². The van der Waals surface area contributed by atoms with Crippen molar-refractivity contribution in [2.75, 3.05) is 58.2 Å². The molecule has 2 fully saturated rings. The van der Waals surface area contributed by atoms with E-state index >= 15 is 0 Å². The Morgan fingerprint density at radius 3 is 2.52 bits per heavy atom. The lowest BCUT2D eigenvalue weighted by atomic mass is 9.86. The molecule has 170 valence electrons. The summed E-state index contributed by atoms with van der Waals surface area (Å²) in [6.07, 6.45) is 4.58. The molecule has 0 aromatic carbocycles. The Morgan fingerprint density at radius 2 is 1.93 bits per heavy atom. The lowest BCUT2D eigenvalue weighted by Gasteiger charge is -2.34. The molecule has 1 aliphatic carbocycles. The van der Waals surface area contributed by atoms with E-state index in [1.807, 2.05) is 6.92 Å². The van der Waals surface area contributed by atoms with E-state index in [1.54, 1.807) is 0 Å². The van der Waals surface area contributed by atoms with Gasteiger partial charge in [-0.3, -0.25) is 9.89 Å². The second kappa shape index (κ2) is 12.7. The molecule has 0 spiro atoms. The standard InChI is InChI=1S/C20H41N5O3S/c1-4-21-20(22-8-13-29(26,27)24-15-18-6-5-7-18)23-16-19(14-17(2)3)25-9-11-28-12-10-25/h17-19,24H,4-16H2,1-3H3,(H2,21,22,23). The molecule has 1 unspecified atom stereocenters. The first-order chi connectivity index (χ1) is 13.9. The van der Waals surface area contributed by atoms with Crippen molar-refractivity contribution in [1.82, 2.24) is 20.3 Å². The Labute approximate surface area is 177 Å². The average molecular weight is 432 g/mol. The molecule has 9 heteroatoms. The fraction of sp³-hybridized carbons (Fsp3) is 0.950. The van der Waals surface area contributed by atoms with Crippen molar-refractivity contribution in [2.45, 2.75) is 52.5 Å². The summed E-state index contributed by atoms with van der Waals surface area (Å²) in [6, 6.07) is 0.377. The zero-order chi connectivity index (χ0) is 21.1. The van der Waals surface area contributed by atoms with Crippen LogP contribution in [0.2, 0.25) is 0 Å². The largest absolute Gasteiger partial charge is 0.379 e. The second-order valence-corrected chi connectivity index (χ2v) is 10.5. The van der Waals surface area contributed by atoms with Gasteiger partial charge in [-0.2, -0.15) is 0 Å². The smallest absolute Gasteiger partial charge is 0.213 e. The predicted molar refractivity (Wildman–Crippen MR) is 119 cm³/mol. The van der Waals surface area contributed by atoms with E-state index in [4.69, 9.17) is 9.73 Å². The van der Waals surface area contributed by atoms with Crippen molar-refractivity contribution in [1.29, 1.82) is 0 Å². The number of nitrogens with zero attached hydrogens (tertiary/aromatic N) is 2. The summed E-state index contributed by atoms with van der Waals surface area (Å²) in [5, 5.41) is 6.41. The van der Waals surface area contributed by atoms with E-state index in [2.05, 4.69) is 34.1 Å². The molecule has 1 heterocycles. The van der Waals surface area contributed by atoms with Crippen LogP contribution in [0.5, 0.6) is 0 Å². The zero-order valence-electron chi connectivity index (χ0n) is 18.5. The third kappa shape index (κ3) is 9.63. The molecule has 1 saturated heterocycles. The molecule has 3 N–H and O–H groups in total. The first kappa shape index (κ1) is 24.4. The molecule has 1 atom stereocenters. The summed E-state index contributed by atoms with van der Waals surface area (Å²) in [7, 11) is -3.25. The van der Waals surface area contributed by atoms with Crippen LogP contribution in [-0.2, 0) is 14.8 Å². The highest BCUT2D eigenvalue weighted by atomic mass is 32.2. The molecule has 8 nitrogen and oxygen atoms in total. The van der Waals surface area contributed by atoms with Crippen LogP contribution in [0, 0.1) is 11.8 Å². The van der Waals surface area contributed by atoms with Gasteiger partial charge in [0.1, 0.15) is 0 Å². The molecule has 0 amide bonds. The Morgan fingerprint density at radius 1 is 1.21 bits per heavy atom. The van der Waals surface area contributed by atoms with Crippen LogP contribution in [0.15, 0.2) is 4.99 Å². The minimum atomic E-state index is -3.25. The van der Waals surface area contributed by atoms with E-state index in [0.717, 1.165) is 52.1 Å². The molecular weight excluding hydrogens is 390 g/mol. The third-order valence-corrected chi connectivity index (χ3v) is 6.94. The molecule has 0 bridgehead atoms. The van der Waals surface area contributed by atoms with Gasteiger partial charge in [-0.05, 0) is 38.0 Å². The molecule has 0 aromatic rings. The van der Waals surface area contributed by atoms with Gasteiger partial charge in [0, 0.05) is 38.8 Å². The summed E-state index contributed by atoms with van der Waals surface area (Å²) >= 11 is 0. The SMILES string of the molecule is CCNC(=NCC(CC(C)C)N1CCOCC1)NCCS(=O)(=O)NCC1CCC1. The van der Waals surface area contributed by atoms with Crippen molar-refractivity contribution in [2.24, 2.45) is 16.8 Å². The minimum absolute atomic E-state index is 0.0586. The molecular formula is C20H41N5O3S. The van der Waals surface area contributed by atoms with E-state index in [-0.39, 0.29) is 5.75 Å². The number of guanidine groups is 1. The van der Waals surface area contributed by atoms with Crippen LogP contribution < -0.4 is 15.4 Å². The van der Waals surface area contributed by atoms with Gasteiger partial charge in [0.05, 0.1) is 25.5 Å². The molecule has 0 radical (unpaired) electrons. The number of ether oxygens (including phenoxy) is 1. The number of rotatable bonds is 12. The summed E-state index contributed by atoms with van der Waals surface area (Å²) in [5.74, 6) is 1.86. The van der Waals surface area contributed by atoms with Gasteiger partial charge < -0.3 is 15.4 Å². The maximum Gasteiger partial charge on any atom is 0.213 e. The lowest BCUT2D eigenvalue weighted by Crippen LogP contribution is -2.47. The van der Waals surface area contributed by atoms with Crippen LogP contribution in [0.25, 0.3) is 0 Å². The number of hydrogen-bond donors (Lipinski definition) is 3. The molecule has 2 rings (SSSR count). The second-order valence-electron chi connectivity index (χ2n) is 8.54. The van der Waals surface area contributed by atoms with Gasteiger partial charge in [0.25, 0.3) is 0 Å². The van der Waals surface area contributed by atoms with Crippen molar-refractivity contribution >= 4 is 16.0 Å². The van der Waals surface area contributed by atoms with Gasteiger partial charge in [-0.15, -0.1) is 0 Å². The maximum atomic E-state index is 12.2. The number of nitrogens with one attached hydrogen (secondary N) is 3. The maximum absolute atomic E-state index is 12.2. The van der Waals surface area contributed by atoms with E-state index < -0.39 is 10.0 Å². The van der Waals surface area contributed by atoms with Crippen molar-refractivity contribution < 1.29 is 13.2 Å². The number of sulfonamides is 1. The lowest BCUT2D eigenvalue weighted by molar-refractivity contribution is 0.0143. The zero-order valence-corrected chi connectivity index (χ0v) is 19.3. The Balaban J connectivity index is 1.82. The molecule has 29 heavy (non-hydrogen) atoms. The van der Waals surface area contributed by atoms with E-state index in [1.165, 1.54) is 6.42 Å². The van der Waals surface area contributed by atoms with Crippen molar-refractivity contribution in [3.63, 3.8) is 0 Å². The molecule has 0 aromatic heterocycles. The normalized spacial score (nSPS) is 20.5. The van der Waals surface area contributed by atoms with Crippen LogP contribution >= 0.6 is 0 Å². The fourth-order valence-electron chi connectivity index (χ4n) is 3.68. The Bertz CT molecular complexity index is 587. The van der Waals surface area contributed by atoms with Gasteiger partial charge >= 0.3 is 0 Å². The predicted octanol–water partition coefficient (Wildman–Crippen LogP) is 1.01. The summed E-state index contributed by atoms with van der Waals surface area (Å²) < 4.78 is 32.6. The number of morpholine rings is 1. The quantitative estimate of drug-likeness (QED) is 0.315. The van der Waals surface area contributed by atoms with E-state index in [0.29, 0.717) is 43.5 Å². The van der Waals surface area contributed by atoms with Crippen molar-refractivity contribution in [3.8, 4) is 0 Å². The highest BCUT2D eigenvalue weighted by Gasteiger charge is 2.22. The molecule has 1 saturated carbocycles. The topological polar surface area (TPSA) is 95.1 Å². The Hall–Kier alpha value is -0.900. The molecule has 2 aliphatic rings. The summed E-state index contributed by atoms with van der Waals surface area (Å²) in [5.41, 5.74) is 0. The molecule has 1 aliphatic heterocycles. The van der Waals surface area contributed by atoms with Crippen LogP contribution in [0.1, 0.15) is 46.5 Å². The first-order valence-electron chi connectivity index (χ1n) is 11.2. The fourth-order valence-corrected chi connectivity index (χ4v) is 4.69. The van der Waals surface area contributed by atoms with Gasteiger partial charge in [-0.25, -0.2) is 13.1 Å². The number of hydrogen-bond acceptors (Lipinski definition) is 5. The highest BCUT2D eigenvalue weighted by molar-refractivity contribution is 7.89. The van der Waals surface area contributed by atoms with Gasteiger partial charge in [0.15, 0.2) is 5.96 Å². The van der Waals surface area contributed by atoms with E-state index in [9.17, 15) is 8.42 Å². The highest BCUT2D eigenvalue weighted by Crippen LogP contribution is 2.25. The van der Waals surface area contributed by atoms with Gasteiger partial charge in [-0.1, -0.05) is 20.3 Å². The van der Waals surface area contributed by atoms with Crippen molar-refractivity contribution in [3.05, 3.63) is 0 Å². The number of aliphatic imine (C=N–C) groups is 1. The summed E-state index contributed by atoms with van der Waals surface area (Å²) in [6.45, 7) is 12.3. The summed E-state index contributed by atoms with van der Waals surface area (Å²) in [4.78, 5) is 7.22. The van der Waals surface area contributed by atoms with Crippen LogP contribution in [0.3, 0.4) is 0 Å². The third-order valence-electron chi connectivity index (χ3n) is 5.59. The monoisotopic (exact) mass is 431 g/mol. The van der Waals surface area contributed by atoms with Crippen LogP contribution in [0.4, 0.5) is 0 Å². The minimum Gasteiger partial charge on any atom is -0.379 e. The van der Waals surface area contributed by atoms with Gasteiger partial charge in [0.2, 0.25) is 10.0 Å². The Kier molecular flexibility index (Phi) is 10.7. The first-order valence-corrected chi connectivity index (χ1v) is 12.9.